The van der Waals surface area contributed by atoms with E-state index >= 15 is 0 Å². The Kier molecular flexibility index (Phi) is 8.11. The first-order chi connectivity index (χ1) is 15.8. The number of amides is 1. The summed E-state index contributed by atoms with van der Waals surface area (Å²) in [7, 11) is 0. The van der Waals surface area contributed by atoms with Crippen LogP contribution in [0.1, 0.15) is 46.3 Å². The summed E-state index contributed by atoms with van der Waals surface area (Å²) in [6, 6.07) is 29.4. The average molecular weight is 427 g/mol. The number of hydrogen-bond donors (Lipinski definition) is 1. The van der Waals surface area contributed by atoms with Crippen molar-refractivity contribution in [2.24, 2.45) is 5.92 Å². The fourth-order valence-electron chi connectivity index (χ4n) is 4.56. The molecule has 1 aliphatic rings. The lowest BCUT2D eigenvalue weighted by Gasteiger charge is -2.32. The highest BCUT2D eigenvalue weighted by molar-refractivity contribution is 5.94. The number of nitrogens with one attached hydrogen (secondary N) is 1. The van der Waals surface area contributed by atoms with Crippen molar-refractivity contribution >= 4 is 5.91 Å². The normalized spacial score (nSPS) is 14.9. The van der Waals surface area contributed by atoms with Crippen molar-refractivity contribution < 1.29 is 4.79 Å². The summed E-state index contributed by atoms with van der Waals surface area (Å²) in [5.74, 6) is 0.813. The van der Waals surface area contributed by atoms with E-state index in [0.29, 0.717) is 6.54 Å². The lowest BCUT2D eigenvalue weighted by atomic mass is 9.90. The van der Waals surface area contributed by atoms with Crippen LogP contribution in [-0.2, 0) is 19.4 Å². The van der Waals surface area contributed by atoms with Gasteiger partial charge in [-0.15, -0.1) is 0 Å². The summed E-state index contributed by atoms with van der Waals surface area (Å²) >= 11 is 0. The summed E-state index contributed by atoms with van der Waals surface area (Å²) in [6.45, 7) is 3.98. The number of likely N-dealkylation sites (tertiary alicyclic amines) is 1. The molecule has 1 heterocycles. The molecule has 0 spiro atoms. The molecule has 1 amide bonds. The molecule has 1 saturated heterocycles. The summed E-state index contributed by atoms with van der Waals surface area (Å²) < 4.78 is 0. The Hall–Kier alpha value is -2.91. The van der Waals surface area contributed by atoms with Crippen LogP contribution in [0.25, 0.3) is 0 Å². The topological polar surface area (TPSA) is 32.3 Å². The zero-order valence-electron chi connectivity index (χ0n) is 18.9. The van der Waals surface area contributed by atoms with E-state index in [1.54, 1.807) is 0 Å². The minimum absolute atomic E-state index is 0.0198. The van der Waals surface area contributed by atoms with Crippen molar-refractivity contribution in [3.05, 3.63) is 107 Å². The predicted molar refractivity (Wildman–Crippen MR) is 132 cm³/mol. The standard InChI is InChI=1S/C29H34N2O/c32-29(30-19-7-12-24-8-3-1-4-9-24)28-15-13-27(14-16-28)23-31-20-17-26(18-21-31)22-25-10-5-2-6-11-25/h1-6,8-11,13-16,26H,7,12,17-23H2,(H,30,32). The largest absolute Gasteiger partial charge is 0.352 e. The van der Waals surface area contributed by atoms with Crippen LogP contribution in [0.5, 0.6) is 0 Å². The van der Waals surface area contributed by atoms with Crippen molar-refractivity contribution in [3.63, 3.8) is 0 Å². The van der Waals surface area contributed by atoms with Crippen LogP contribution < -0.4 is 5.32 Å². The second-order valence-corrected chi connectivity index (χ2v) is 8.95. The molecule has 1 N–H and O–H groups in total. The lowest BCUT2D eigenvalue weighted by molar-refractivity contribution is 0.0953. The number of carbonyl (C=O) groups is 1. The molecule has 32 heavy (non-hydrogen) atoms. The maximum Gasteiger partial charge on any atom is 0.251 e. The third-order valence-electron chi connectivity index (χ3n) is 6.47. The number of nitrogens with zero attached hydrogens (tertiary/aromatic N) is 1. The second kappa shape index (κ2) is 11.6. The molecular weight excluding hydrogens is 392 g/mol. The van der Waals surface area contributed by atoms with Crippen molar-refractivity contribution in [1.29, 1.82) is 0 Å². The molecule has 0 aliphatic carbocycles. The van der Waals surface area contributed by atoms with E-state index in [4.69, 9.17) is 0 Å². The van der Waals surface area contributed by atoms with Gasteiger partial charge in [-0.05, 0) is 79.9 Å². The van der Waals surface area contributed by atoms with Crippen LogP contribution in [-0.4, -0.2) is 30.4 Å². The fourth-order valence-corrected chi connectivity index (χ4v) is 4.56. The molecule has 0 bridgehead atoms. The molecule has 3 aromatic rings. The number of piperidine rings is 1. The minimum atomic E-state index is 0.0198. The summed E-state index contributed by atoms with van der Waals surface area (Å²) in [5.41, 5.74) is 4.80. The van der Waals surface area contributed by atoms with Crippen molar-refractivity contribution in [2.75, 3.05) is 19.6 Å². The molecular formula is C29H34N2O. The van der Waals surface area contributed by atoms with E-state index < -0.39 is 0 Å². The fraction of sp³-hybridized carbons (Fsp3) is 0.345. The first kappa shape index (κ1) is 22.3. The molecule has 0 radical (unpaired) electrons. The van der Waals surface area contributed by atoms with Gasteiger partial charge in [-0.1, -0.05) is 72.8 Å². The molecule has 3 nitrogen and oxygen atoms in total. The Bertz CT molecular complexity index is 945. The van der Waals surface area contributed by atoms with E-state index in [1.807, 2.05) is 18.2 Å². The third-order valence-corrected chi connectivity index (χ3v) is 6.47. The first-order valence-corrected chi connectivity index (χ1v) is 11.9. The quantitative estimate of drug-likeness (QED) is 0.458. The van der Waals surface area contributed by atoms with Gasteiger partial charge >= 0.3 is 0 Å². The average Bonchev–Trinajstić information content (AvgIpc) is 2.85. The molecule has 0 unspecified atom stereocenters. The van der Waals surface area contributed by atoms with Crippen molar-refractivity contribution in [1.82, 2.24) is 10.2 Å². The summed E-state index contributed by atoms with van der Waals surface area (Å²) in [6.07, 6.45) is 5.66. The van der Waals surface area contributed by atoms with Gasteiger partial charge in [0.25, 0.3) is 5.91 Å². The van der Waals surface area contributed by atoms with Crippen LogP contribution >= 0.6 is 0 Å². The molecule has 3 aromatic carbocycles. The van der Waals surface area contributed by atoms with Gasteiger partial charge in [0.2, 0.25) is 0 Å². The highest BCUT2D eigenvalue weighted by Crippen LogP contribution is 2.23. The second-order valence-electron chi connectivity index (χ2n) is 8.95. The zero-order valence-corrected chi connectivity index (χ0v) is 18.9. The highest BCUT2D eigenvalue weighted by Gasteiger charge is 2.19. The van der Waals surface area contributed by atoms with Gasteiger partial charge in [0.1, 0.15) is 0 Å². The van der Waals surface area contributed by atoms with Gasteiger partial charge in [0.15, 0.2) is 0 Å². The van der Waals surface area contributed by atoms with Gasteiger partial charge in [-0.25, -0.2) is 0 Å². The molecule has 0 saturated carbocycles. The third kappa shape index (κ3) is 6.80. The number of aryl methyl sites for hydroxylation is 1. The summed E-state index contributed by atoms with van der Waals surface area (Å²) in [5, 5.41) is 3.05. The number of benzene rings is 3. The predicted octanol–water partition coefficient (Wildman–Crippen LogP) is 5.50. The first-order valence-electron chi connectivity index (χ1n) is 11.9. The SMILES string of the molecule is O=C(NCCCc1ccccc1)c1ccc(CN2CCC(Cc3ccccc3)CC2)cc1. The van der Waals surface area contributed by atoms with E-state index in [0.717, 1.165) is 44.0 Å². The van der Waals surface area contributed by atoms with Crippen LogP contribution in [0.2, 0.25) is 0 Å². The van der Waals surface area contributed by atoms with Gasteiger partial charge in [0.05, 0.1) is 0 Å². The molecule has 1 aliphatic heterocycles. The molecule has 4 rings (SSSR count). The number of rotatable bonds is 9. The minimum Gasteiger partial charge on any atom is -0.352 e. The van der Waals surface area contributed by atoms with E-state index in [-0.39, 0.29) is 5.91 Å². The molecule has 3 heteroatoms. The molecule has 1 fully saturated rings. The highest BCUT2D eigenvalue weighted by atomic mass is 16.1. The lowest BCUT2D eigenvalue weighted by Crippen LogP contribution is -2.33. The number of carbonyl (C=O) groups excluding carboxylic acids is 1. The maximum absolute atomic E-state index is 12.4. The van der Waals surface area contributed by atoms with Gasteiger partial charge in [-0.3, -0.25) is 9.69 Å². The van der Waals surface area contributed by atoms with Crippen LogP contribution in [0, 0.1) is 5.92 Å². The maximum atomic E-state index is 12.4. The monoisotopic (exact) mass is 426 g/mol. The Morgan fingerprint density at radius 3 is 2.06 bits per heavy atom. The van der Waals surface area contributed by atoms with E-state index in [9.17, 15) is 4.79 Å². The van der Waals surface area contributed by atoms with Crippen LogP contribution in [0.15, 0.2) is 84.9 Å². The number of hydrogen-bond acceptors (Lipinski definition) is 2. The zero-order chi connectivity index (χ0) is 22.0. The van der Waals surface area contributed by atoms with Gasteiger partial charge < -0.3 is 5.32 Å². The van der Waals surface area contributed by atoms with Gasteiger partial charge in [0, 0.05) is 18.7 Å². The molecule has 166 valence electrons. The Morgan fingerprint density at radius 2 is 1.41 bits per heavy atom. The van der Waals surface area contributed by atoms with E-state index in [2.05, 4.69) is 76.9 Å². The summed E-state index contributed by atoms with van der Waals surface area (Å²) in [4.78, 5) is 15.0. The Balaban J connectivity index is 1.16. The molecule has 0 aromatic heterocycles. The van der Waals surface area contributed by atoms with E-state index in [1.165, 1.54) is 36.0 Å². The smallest absolute Gasteiger partial charge is 0.251 e. The van der Waals surface area contributed by atoms with Crippen molar-refractivity contribution in [3.8, 4) is 0 Å². The Labute approximate surface area is 192 Å². The van der Waals surface area contributed by atoms with Crippen LogP contribution in [0.4, 0.5) is 0 Å². The Morgan fingerprint density at radius 1 is 0.781 bits per heavy atom. The molecule has 0 atom stereocenters. The van der Waals surface area contributed by atoms with Gasteiger partial charge in [-0.2, -0.15) is 0 Å². The van der Waals surface area contributed by atoms with Crippen molar-refractivity contribution in [2.45, 2.75) is 38.6 Å². The van der Waals surface area contributed by atoms with Crippen LogP contribution in [0.3, 0.4) is 0 Å².